The minimum atomic E-state index is 0.0110. The zero-order chi connectivity index (χ0) is 14.4. The van der Waals surface area contributed by atoms with Gasteiger partial charge < -0.3 is 9.97 Å². The maximum absolute atomic E-state index is 12.9. The Hall–Kier alpha value is -1.88. The SMILES string of the molecule is O=c1c2[nH]c3ccccc3c2[nH]c(=S)n1C1CCCCC1. The highest BCUT2D eigenvalue weighted by molar-refractivity contribution is 7.71. The minimum absolute atomic E-state index is 0.0110. The summed E-state index contributed by atoms with van der Waals surface area (Å²) in [5.41, 5.74) is 2.44. The first-order valence-electron chi connectivity index (χ1n) is 7.51. The van der Waals surface area contributed by atoms with Gasteiger partial charge in [0.25, 0.3) is 5.56 Å². The second kappa shape index (κ2) is 4.84. The number of nitrogens with one attached hydrogen (secondary N) is 2. The van der Waals surface area contributed by atoms with Crippen molar-refractivity contribution < 1.29 is 0 Å². The van der Waals surface area contributed by atoms with Gasteiger partial charge in [-0.25, -0.2) is 0 Å². The number of fused-ring (bicyclic) bond motifs is 3. The summed E-state index contributed by atoms with van der Waals surface area (Å²) in [5.74, 6) is 0. The summed E-state index contributed by atoms with van der Waals surface area (Å²) >= 11 is 5.47. The second-order valence-electron chi connectivity index (χ2n) is 5.82. The van der Waals surface area contributed by atoms with Crippen molar-refractivity contribution in [3.8, 4) is 0 Å². The van der Waals surface area contributed by atoms with E-state index >= 15 is 0 Å². The molecule has 108 valence electrons. The molecule has 1 fully saturated rings. The van der Waals surface area contributed by atoms with Gasteiger partial charge >= 0.3 is 0 Å². The number of para-hydroxylation sites is 1. The average Bonchev–Trinajstić information content (AvgIpc) is 2.88. The monoisotopic (exact) mass is 299 g/mol. The van der Waals surface area contributed by atoms with Crippen LogP contribution in [0, 0.1) is 4.77 Å². The highest BCUT2D eigenvalue weighted by atomic mass is 32.1. The molecule has 0 saturated heterocycles. The summed E-state index contributed by atoms with van der Waals surface area (Å²) in [6.45, 7) is 0. The van der Waals surface area contributed by atoms with E-state index in [1.807, 2.05) is 24.3 Å². The molecule has 0 atom stereocenters. The number of rotatable bonds is 1. The molecule has 1 aliphatic carbocycles. The Morgan fingerprint density at radius 2 is 1.81 bits per heavy atom. The first kappa shape index (κ1) is 12.8. The highest BCUT2D eigenvalue weighted by Crippen LogP contribution is 2.28. The Morgan fingerprint density at radius 1 is 1.05 bits per heavy atom. The zero-order valence-electron chi connectivity index (χ0n) is 11.7. The fraction of sp³-hybridized carbons (Fsp3) is 0.375. The fourth-order valence-corrected chi connectivity index (χ4v) is 3.82. The van der Waals surface area contributed by atoms with Crippen molar-refractivity contribution in [1.29, 1.82) is 0 Å². The summed E-state index contributed by atoms with van der Waals surface area (Å²) in [7, 11) is 0. The molecule has 0 aliphatic heterocycles. The number of nitrogens with zero attached hydrogens (tertiary/aromatic N) is 1. The zero-order valence-corrected chi connectivity index (χ0v) is 12.5. The van der Waals surface area contributed by atoms with Gasteiger partial charge in [-0.1, -0.05) is 37.5 Å². The molecule has 2 heterocycles. The van der Waals surface area contributed by atoms with E-state index in [0.29, 0.717) is 10.3 Å². The van der Waals surface area contributed by atoms with Crippen molar-refractivity contribution in [2.24, 2.45) is 0 Å². The Balaban J connectivity index is 2.03. The smallest absolute Gasteiger partial charge is 0.278 e. The van der Waals surface area contributed by atoms with E-state index in [4.69, 9.17) is 12.2 Å². The molecular weight excluding hydrogens is 282 g/mol. The van der Waals surface area contributed by atoms with Gasteiger partial charge in [-0.2, -0.15) is 0 Å². The van der Waals surface area contributed by atoms with E-state index in [1.54, 1.807) is 4.57 Å². The molecule has 0 unspecified atom stereocenters. The molecule has 4 rings (SSSR count). The molecule has 2 N–H and O–H groups in total. The van der Waals surface area contributed by atoms with Gasteiger partial charge in [-0.3, -0.25) is 9.36 Å². The third kappa shape index (κ3) is 1.95. The molecule has 5 heteroatoms. The van der Waals surface area contributed by atoms with Crippen LogP contribution in [0.3, 0.4) is 0 Å². The molecule has 3 aromatic rings. The van der Waals surface area contributed by atoms with E-state index in [0.717, 1.165) is 29.3 Å². The molecule has 0 amide bonds. The molecule has 0 bridgehead atoms. The van der Waals surface area contributed by atoms with Crippen LogP contribution in [0.15, 0.2) is 29.1 Å². The van der Waals surface area contributed by atoms with Crippen LogP contribution in [0.25, 0.3) is 21.9 Å². The summed E-state index contributed by atoms with van der Waals surface area (Å²) < 4.78 is 2.33. The largest absolute Gasteiger partial charge is 0.349 e. The van der Waals surface area contributed by atoms with E-state index < -0.39 is 0 Å². The van der Waals surface area contributed by atoms with Crippen molar-refractivity contribution >= 4 is 34.2 Å². The number of hydrogen-bond acceptors (Lipinski definition) is 2. The molecule has 21 heavy (non-hydrogen) atoms. The fourth-order valence-electron chi connectivity index (χ4n) is 3.48. The van der Waals surface area contributed by atoms with Crippen molar-refractivity contribution in [2.75, 3.05) is 0 Å². The number of aromatic amines is 2. The normalized spacial score (nSPS) is 16.8. The number of H-pyrrole nitrogens is 2. The van der Waals surface area contributed by atoms with E-state index in [1.165, 1.54) is 19.3 Å². The third-order valence-corrected chi connectivity index (χ3v) is 4.83. The molecule has 0 radical (unpaired) electrons. The average molecular weight is 299 g/mol. The molecule has 1 aliphatic rings. The minimum Gasteiger partial charge on any atom is -0.349 e. The van der Waals surface area contributed by atoms with Gasteiger partial charge in [-0.15, -0.1) is 0 Å². The molecule has 1 saturated carbocycles. The molecular formula is C16H17N3OS. The molecule has 2 aromatic heterocycles. The lowest BCUT2D eigenvalue weighted by Crippen LogP contribution is -2.28. The topological polar surface area (TPSA) is 53.6 Å². The van der Waals surface area contributed by atoms with Crippen LogP contribution in [0.1, 0.15) is 38.1 Å². The maximum atomic E-state index is 12.9. The molecule has 1 aromatic carbocycles. The predicted octanol–water partition coefficient (Wildman–Crippen LogP) is 4.05. The van der Waals surface area contributed by atoms with Crippen LogP contribution < -0.4 is 5.56 Å². The lowest BCUT2D eigenvalue weighted by Gasteiger charge is -2.23. The Morgan fingerprint density at radius 3 is 2.62 bits per heavy atom. The van der Waals surface area contributed by atoms with Gasteiger partial charge in [0.05, 0.1) is 5.52 Å². The van der Waals surface area contributed by atoms with Crippen LogP contribution in [0.2, 0.25) is 0 Å². The Bertz CT molecular complexity index is 928. The quantitative estimate of drug-likeness (QED) is 0.666. The second-order valence-corrected chi connectivity index (χ2v) is 6.20. The number of benzene rings is 1. The first-order valence-corrected chi connectivity index (χ1v) is 7.92. The standard InChI is InChI=1S/C16H17N3OS/c20-15-14-13(11-8-4-5-9-12(11)17-14)18-16(21)19(15)10-6-2-1-3-7-10/h4-5,8-10,17H,1-3,6-7H2,(H,18,21). The van der Waals surface area contributed by atoms with Crippen LogP contribution in [-0.4, -0.2) is 14.5 Å². The first-order chi connectivity index (χ1) is 10.3. The van der Waals surface area contributed by atoms with E-state index in [9.17, 15) is 4.79 Å². The molecule has 4 nitrogen and oxygen atoms in total. The van der Waals surface area contributed by atoms with Gasteiger partial charge in [0.15, 0.2) is 4.77 Å². The van der Waals surface area contributed by atoms with Gasteiger partial charge in [0, 0.05) is 16.9 Å². The molecule has 0 spiro atoms. The highest BCUT2D eigenvalue weighted by Gasteiger charge is 2.20. The van der Waals surface area contributed by atoms with Crippen LogP contribution in [0.5, 0.6) is 0 Å². The van der Waals surface area contributed by atoms with Crippen LogP contribution >= 0.6 is 12.2 Å². The third-order valence-electron chi connectivity index (χ3n) is 4.53. The van der Waals surface area contributed by atoms with Crippen molar-refractivity contribution in [1.82, 2.24) is 14.5 Å². The van der Waals surface area contributed by atoms with Crippen LogP contribution in [0.4, 0.5) is 0 Å². The van der Waals surface area contributed by atoms with Gasteiger partial charge in [0.2, 0.25) is 0 Å². The Kier molecular flexibility index (Phi) is 2.96. The van der Waals surface area contributed by atoms with E-state index in [-0.39, 0.29) is 11.6 Å². The van der Waals surface area contributed by atoms with Crippen LogP contribution in [-0.2, 0) is 0 Å². The predicted molar refractivity (Wildman–Crippen MR) is 87.4 cm³/mol. The number of hydrogen-bond donors (Lipinski definition) is 2. The van der Waals surface area contributed by atoms with Gasteiger partial charge in [0.1, 0.15) is 5.52 Å². The van der Waals surface area contributed by atoms with Crippen molar-refractivity contribution in [2.45, 2.75) is 38.1 Å². The summed E-state index contributed by atoms with van der Waals surface area (Å²) in [5, 5.41) is 1.02. The maximum Gasteiger partial charge on any atom is 0.278 e. The Labute approximate surface area is 126 Å². The summed E-state index contributed by atoms with van der Waals surface area (Å²) in [6.07, 6.45) is 5.70. The summed E-state index contributed by atoms with van der Waals surface area (Å²) in [4.78, 5) is 19.4. The number of aromatic nitrogens is 3. The lowest BCUT2D eigenvalue weighted by atomic mass is 9.95. The van der Waals surface area contributed by atoms with Crippen molar-refractivity contribution in [3.05, 3.63) is 39.4 Å². The summed E-state index contributed by atoms with van der Waals surface area (Å²) in [6, 6.07) is 8.16. The van der Waals surface area contributed by atoms with E-state index in [2.05, 4.69) is 9.97 Å². The van der Waals surface area contributed by atoms with Crippen molar-refractivity contribution in [3.63, 3.8) is 0 Å². The lowest BCUT2D eigenvalue weighted by molar-refractivity contribution is 0.342. The van der Waals surface area contributed by atoms with Gasteiger partial charge in [-0.05, 0) is 31.1 Å².